The van der Waals surface area contributed by atoms with Crippen LogP contribution < -0.4 is 10.0 Å². The summed E-state index contributed by atoms with van der Waals surface area (Å²) in [4.78, 5) is 13.5. The summed E-state index contributed by atoms with van der Waals surface area (Å²) in [5.41, 5.74) is 4.22. The predicted molar refractivity (Wildman–Crippen MR) is 126 cm³/mol. The Morgan fingerprint density at radius 1 is 0.969 bits per heavy atom. The molecule has 2 N–H and O–H groups in total. The minimum absolute atomic E-state index is 0.116. The molecule has 0 saturated heterocycles. The van der Waals surface area contributed by atoms with Gasteiger partial charge in [0, 0.05) is 0 Å². The number of carbonyl (C=O) groups excluding carboxylic acids is 1. The van der Waals surface area contributed by atoms with Crippen molar-refractivity contribution in [2.24, 2.45) is 0 Å². The van der Waals surface area contributed by atoms with Crippen LogP contribution in [0.15, 0.2) is 83.8 Å². The molecule has 0 aliphatic heterocycles. The first kappa shape index (κ1) is 22.2. The second-order valence-electron chi connectivity index (χ2n) is 8.33. The summed E-state index contributed by atoms with van der Waals surface area (Å²) in [6.07, 6.45) is 3.09. The van der Waals surface area contributed by atoms with Crippen molar-refractivity contribution in [3.05, 3.63) is 101 Å². The summed E-state index contributed by atoms with van der Waals surface area (Å²) in [5.74, 6) is -0.314. The number of sulfonamides is 1. The summed E-state index contributed by atoms with van der Waals surface area (Å²) in [5, 5.41) is 3.11. The average Bonchev–Trinajstić information content (AvgIpc) is 2.80. The van der Waals surface area contributed by atoms with Crippen molar-refractivity contribution >= 4 is 15.9 Å². The highest BCUT2D eigenvalue weighted by Crippen LogP contribution is 2.29. The lowest BCUT2D eigenvalue weighted by molar-refractivity contribution is -0.123. The third kappa shape index (κ3) is 5.26. The first-order valence-corrected chi connectivity index (χ1v) is 12.4. The van der Waals surface area contributed by atoms with Crippen molar-refractivity contribution in [3.63, 3.8) is 0 Å². The average molecular weight is 449 g/mol. The van der Waals surface area contributed by atoms with Gasteiger partial charge in [0.05, 0.1) is 10.9 Å². The van der Waals surface area contributed by atoms with E-state index in [1.165, 1.54) is 5.56 Å². The summed E-state index contributed by atoms with van der Waals surface area (Å²) in [6, 6.07) is 23.2. The van der Waals surface area contributed by atoms with Gasteiger partial charge in [-0.1, -0.05) is 72.3 Å². The number of fused-ring (bicyclic) bond motifs is 1. The molecule has 5 nitrogen and oxygen atoms in total. The molecule has 4 rings (SSSR count). The van der Waals surface area contributed by atoms with E-state index in [-0.39, 0.29) is 23.3 Å². The maximum atomic E-state index is 13.4. The minimum Gasteiger partial charge on any atom is -0.348 e. The lowest BCUT2D eigenvalue weighted by Crippen LogP contribution is -2.49. The molecular formula is C26H28N2O3S. The summed E-state index contributed by atoms with van der Waals surface area (Å²) in [7, 11) is -3.85. The molecule has 0 saturated carbocycles. The minimum atomic E-state index is -3.85. The molecule has 0 spiro atoms. The van der Waals surface area contributed by atoms with Crippen molar-refractivity contribution in [1.82, 2.24) is 10.0 Å². The molecule has 166 valence electrons. The van der Waals surface area contributed by atoms with Gasteiger partial charge in [0.15, 0.2) is 0 Å². The van der Waals surface area contributed by atoms with E-state index < -0.39 is 16.1 Å². The molecule has 1 aliphatic rings. The SMILES string of the molecule is Cc1ccc(S(=O)(=O)N[C@@H](Cc2ccccc2)C(=O)N[C@@H]2CCCc3ccccc32)cc1. The first-order chi connectivity index (χ1) is 15.4. The lowest BCUT2D eigenvalue weighted by Gasteiger charge is -2.28. The van der Waals surface area contributed by atoms with Gasteiger partial charge in [-0.2, -0.15) is 4.72 Å². The molecule has 0 fully saturated rings. The van der Waals surface area contributed by atoms with Crippen LogP contribution in [0.5, 0.6) is 0 Å². The monoisotopic (exact) mass is 448 g/mol. The Balaban J connectivity index is 1.58. The second kappa shape index (κ2) is 9.67. The Labute approximate surface area is 189 Å². The maximum absolute atomic E-state index is 13.4. The molecule has 2 atom stereocenters. The largest absolute Gasteiger partial charge is 0.348 e. The van der Waals surface area contributed by atoms with Crippen LogP contribution in [0.3, 0.4) is 0 Å². The standard InChI is InChI=1S/C26H28N2O3S/c1-19-14-16-22(17-15-19)32(30,31)28-25(18-20-8-3-2-4-9-20)26(29)27-24-13-7-11-21-10-5-6-12-23(21)24/h2-6,8-10,12,14-17,24-25,28H,7,11,13,18H2,1H3,(H,27,29)/t24-,25+/m1/s1. The molecular weight excluding hydrogens is 420 g/mol. The topological polar surface area (TPSA) is 75.3 Å². The van der Waals surface area contributed by atoms with Gasteiger partial charge in [-0.3, -0.25) is 4.79 Å². The van der Waals surface area contributed by atoms with E-state index >= 15 is 0 Å². The van der Waals surface area contributed by atoms with Gasteiger partial charge in [-0.15, -0.1) is 0 Å². The van der Waals surface area contributed by atoms with Crippen LogP contribution in [0.25, 0.3) is 0 Å². The fourth-order valence-corrected chi connectivity index (χ4v) is 5.38. The second-order valence-corrected chi connectivity index (χ2v) is 10.0. The van der Waals surface area contributed by atoms with E-state index in [4.69, 9.17) is 0 Å². The molecule has 1 amide bonds. The molecule has 0 radical (unpaired) electrons. The van der Waals surface area contributed by atoms with E-state index in [0.29, 0.717) is 0 Å². The Morgan fingerprint density at radius 2 is 1.66 bits per heavy atom. The maximum Gasteiger partial charge on any atom is 0.241 e. The number of hydrogen-bond donors (Lipinski definition) is 2. The molecule has 1 aliphatic carbocycles. The van der Waals surface area contributed by atoms with Gasteiger partial charge in [0.2, 0.25) is 15.9 Å². The Kier molecular flexibility index (Phi) is 6.72. The summed E-state index contributed by atoms with van der Waals surface area (Å²) >= 11 is 0. The zero-order valence-electron chi connectivity index (χ0n) is 18.1. The van der Waals surface area contributed by atoms with Crippen molar-refractivity contribution < 1.29 is 13.2 Å². The number of aryl methyl sites for hydroxylation is 2. The van der Waals surface area contributed by atoms with E-state index in [9.17, 15) is 13.2 Å². The van der Waals surface area contributed by atoms with Crippen LogP contribution in [-0.4, -0.2) is 20.4 Å². The van der Waals surface area contributed by atoms with Gasteiger partial charge in [0.1, 0.15) is 6.04 Å². The van der Waals surface area contributed by atoms with E-state index in [1.807, 2.05) is 55.5 Å². The van der Waals surface area contributed by atoms with Crippen LogP contribution >= 0.6 is 0 Å². The third-order valence-corrected chi connectivity index (χ3v) is 7.40. The quantitative estimate of drug-likeness (QED) is 0.572. The smallest absolute Gasteiger partial charge is 0.241 e. The zero-order chi connectivity index (χ0) is 22.6. The van der Waals surface area contributed by atoms with Gasteiger partial charge in [-0.25, -0.2) is 8.42 Å². The fraction of sp³-hybridized carbons (Fsp3) is 0.269. The highest BCUT2D eigenvalue weighted by atomic mass is 32.2. The Bertz CT molecular complexity index is 1180. The van der Waals surface area contributed by atoms with Crippen molar-refractivity contribution in [2.75, 3.05) is 0 Å². The number of rotatable bonds is 7. The zero-order valence-corrected chi connectivity index (χ0v) is 18.9. The predicted octanol–water partition coefficient (Wildman–Crippen LogP) is 4.08. The molecule has 0 unspecified atom stereocenters. The fourth-order valence-electron chi connectivity index (χ4n) is 4.19. The van der Waals surface area contributed by atoms with Gasteiger partial charge in [-0.05, 0) is 61.4 Å². The number of amides is 1. The van der Waals surface area contributed by atoms with E-state index in [2.05, 4.69) is 16.1 Å². The number of benzene rings is 3. The third-order valence-electron chi connectivity index (χ3n) is 5.91. The van der Waals surface area contributed by atoms with E-state index in [1.54, 1.807) is 24.3 Å². The number of nitrogens with one attached hydrogen (secondary N) is 2. The molecule has 32 heavy (non-hydrogen) atoms. The molecule has 3 aromatic rings. The number of hydrogen-bond acceptors (Lipinski definition) is 3. The van der Waals surface area contributed by atoms with Crippen LogP contribution in [0.4, 0.5) is 0 Å². The molecule has 0 heterocycles. The molecule has 0 bridgehead atoms. The van der Waals surface area contributed by atoms with Crippen molar-refractivity contribution in [3.8, 4) is 0 Å². The van der Waals surface area contributed by atoms with Crippen molar-refractivity contribution in [2.45, 2.75) is 49.6 Å². The Morgan fingerprint density at radius 3 is 2.41 bits per heavy atom. The van der Waals surface area contributed by atoms with Crippen LogP contribution in [0.2, 0.25) is 0 Å². The molecule has 6 heteroatoms. The highest BCUT2D eigenvalue weighted by molar-refractivity contribution is 7.89. The van der Waals surface area contributed by atoms with Crippen LogP contribution in [-0.2, 0) is 27.7 Å². The van der Waals surface area contributed by atoms with Crippen molar-refractivity contribution in [1.29, 1.82) is 0 Å². The number of carbonyl (C=O) groups is 1. The summed E-state index contributed by atoms with van der Waals surface area (Å²) in [6.45, 7) is 1.90. The van der Waals surface area contributed by atoms with Crippen LogP contribution in [0, 0.1) is 6.92 Å². The van der Waals surface area contributed by atoms with E-state index in [0.717, 1.165) is 36.0 Å². The Hall–Kier alpha value is -2.96. The normalized spacial score (nSPS) is 16.7. The molecule has 3 aromatic carbocycles. The first-order valence-electron chi connectivity index (χ1n) is 10.9. The van der Waals surface area contributed by atoms with Gasteiger partial charge >= 0.3 is 0 Å². The van der Waals surface area contributed by atoms with Gasteiger partial charge in [0.25, 0.3) is 0 Å². The lowest BCUT2D eigenvalue weighted by atomic mass is 9.87. The molecule has 0 aromatic heterocycles. The van der Waals surface area contributed by atoms with Crippen LogP contribution in [0.1, 0.15) is 41.1 Å². The highest BCUT2D eigenvalue weighted by Gasteiger charge is 2.29. The van der Waals surface area contributed by atoms with Gasteiger partial charge < -0.3 is 5.32 Å². The summed E-state index contributed by atoms with van der Waals surface area (Å²) < 4.78 is 28.7.